The number of amides is 2. The van der Waals surface area contributed by atoms with Gasteiger partial charge in [-0.3, -0.25) is 13.9 Å². The lowest BCUT2D eigenvalue weighted by Gasteiger charge is -2.34. The van der Waals surface area contributed by atoms with E-state index >= 15 is 0 Å². The number of aryl methyl sites for hydroxylation is 1. The monoisotopic (exact) mass is 627 g/mol. The Morgan fingerprint density at radius 3 is 2.07 bits per heavy atom. The SMILES string of the molecule is CCCNC(=O)[C@H](Cc1ccccc1)N(Cc1ccccc1C)C(=O)CN(c1ccccc1)S(=O)(=O)c1ccc(OCC)cc1. The lowest BCUT2D eigenvalue weighted by atomic mass is 10.0. The highest BCUT2D eigenvalue weighted by Gasteiger charge is 2.34. The summed E-state index contributed by atoms with van der Waals surface area (Å²) in [5, 5.41) is 2.97. The Bertz CT molecular complexity index is 1650. The van der Waals surface area contributed by atoms with Crippen molar-refractivity contribution in [3.05, 3.63) is 126 Å². The Morgan fingerprint density at radius 1 is 0.822 bits per heavy atom. The Morgan fingerprint density at radius 2 is 1.44 bits per heavy atom. The van der Waals surface area contributed by atoms with Crippen molar-refractivity contribution in [1.29, 1.82) is 0 Å². The van der Waals surface area contributed by atoms with Crippen LogP contribution in [0.1, 0.15) is 37.0 Å². The molecule has 2 amide bonds. The van der Waals surface area contributed by atoms with Crippen molar-refractivity contribution in [2.24, 2.45) is 0 Å². The molecule has 0 saturated carbocycles. The summed E-state index contributed by atoms with van der Waals surface area (Å²) in [7, 11) is -4.18. The highest BCUT2D eigenvalue weighted by Crippen LogP contribution is 2.26. The molecule has 0 heterocycles. The number of hydrogen-bond donors (Lipinski definition) is 1. The minimum Gasteiger partial charge on any atom is -0.494 e. The molecule has 4 aromatic carbocycles. The van der Waals surface area contributed by atoms with Gasteiger partial charge in [0, 0.05) is 19.5 Å². The molecular weight excluding hydrogens is 586 g/mol. The number of carbonyl (C=O) groups excluding carboxylic acids is 2. The van der Waals surface area contributed by atoms with Gasteiger partial charge in [-0.1, -0.05) is 79.7 Å². The number of carbonyl (C=O) groups is 2. The zero-order chi connectivity index (χ0) is 32.2. The van der Waals surface area contributed by atoms with Crippen molar-refractivity contribution in [3.63, 3.8) is 0 Å². The predicted octanol–water partition coefficient (Wildman–Crippen LogP) is 5.76. The zero-order valence-electron chi connectivity index (χ0n) is 26.1. The first-order valence-electron chi connectivity index (χ1n) is 15.2. The van der Waals surface area contributed by atoms with E-state index in [0.29, 0.717) is 24.6 Å². The molecule has 236 valence electrons. The van der Waals surface area contributed by atoms with Crippen molar-refractivity contribution in [1.82, 2.24) is 10.2 Å². The molecule has 0 aliphatic heterocycles. The first kappa shape index (κ1) is 33.3. The molecule has 45 heavy (non-hydrogen) atoms. The molecule has 0 aliphatic carbocycles. The van der Waals surface area contributed by atoms with Crippen LogP contribution >= 0.6 is 0 Å². The van der Waals surface area contributed by atoms with Crippen molar-refractivity contribution in [2.45, 2.75) is 51.1 Å². The van der Waals surface area contributed by atoms with Gasteiger partial charge < -0.3 is 15.0 Å². The van der Waals surface area contributed by atoms with Crippen molar-refractivity contribution in [3.8, 4) is 5.75 Å². The van der Waals surface area contributed by atoms with Crippen LogP contribution in [0.4, 0.5) is 5.69 Å². The van der Waals surface area contributed by atoms with E-state index < -0.39 is 28.5 Å². The van der Waals surface area contributed by atoms with Crippen LogP contribution in [0, 0.1) is 6.92 Å². The maximum Gasteiger partial charge on any atom is 0.264 e. The van der Waals surface area contributed by atoms with Gasteiger partial charge in [0.1, 0.15) is 18.3 Å². The number of nitrogens with zero attached hydrogens (tertiary/aromatic N) is 2. The van der Waals surface area contributed by atoms with E-state index in [1.54, 1.807) is 42.5 Å². The van der Waals surface area contributed by atoms with E-state index in [2.05, 4.69) is 5.32 Å². The molecule has 4 aromatic rings. The van der Waals surface area contributed by atoms with Crippen LogP contribution in [0.25, 0.3) is 0 Å². The van der Waals surface area contributed by atoms with Crippen molar-refractivity contribution >= 4 is 27.5 Å². The summed E-state index contributed by atoms with van der Waals surface area (Å²) >= 11 is 0. The molecule has 0 radical (unpaired) electrons. The quantitative estimate of drug-likeness (QED) is 0.181. The molecule has 0 unspecified atom stereocenters. The maximum absolute atomic E-state index is 14.5. The summed E-state index contributed by atoms with van der Waals surface area (Å²) in [5.41, 5.74) is 3.06. The first-order valence-corrected chi connectivity index (χ1v) is 16.6. The largest absolute Gasteiger partial charge is 0.494 e. The van der Waals surface area contributed by atoms with E-state index in [1.165, 1.54) is 17.0 Å². The normalized spacial score (nSPS) is 11.8. The molecule has 8 nitrogen and oxygen atoms in total. The number of anilines is 1. The van der Waals surface area contributed by atoms with E-state index in [9.17, 15) is 18.0 Å². The molecule has 1 N–H and O–H groups in total. The number of para-hydroxylation sites is 1. The molecule has 0 spiro atoms. The Labute approximate surface area is 266 Å². The topological polar surface area (TPSA) is 96.0 Å². The third kappa shape index (κ3) is 8.73. The summed E-state index contributed by atoms with van der Waals surface area (Å²) in [5.74, 6) is -0.238. The van der Waals surface area contributed by atoms with E-state index in [4.69, 9.17) is 4.74 Å². The number of benzene rings is 4. The lowest BCUT2D eigenvalue weighted by molar-refractivity contribution is -0.140. The van der Waals surface area contributed by atoms with Gasteiger partial charge in [0.25, 0.3) is 10.0 Å². The van der Waals surface area contributed by atoms with E-state index in [0.717, 1.165) is 27.4 Å². The summed E-state index contributed by atoms with van der Waals surface area (Å²) in [4.78, 5) is 29.8. The van der Waals surface area contributed by atoms with Gasteiger partial charge in [0.05, 0.1) is 17.2 Å². The van der Waals surface area contributed by atoms with Crippen molar-refractivity contribution < 1.29 is 22.7 Å². The summed E-state index contributed by atoms with van der Waals surface area (Å²) in [6, 6.07) is 31.0. The smallest absolute Gasteiger partial charge is 0.264 e. The minimum absolute atomic E-state index is 0.0228. The molecule has 0 fully saturated rings. The molecule has 0 aliphatic rings. The van der Waals surface area contributed by atoms with E-state index in [-0.39, 0.29) is 23.8 Å². The van der Waals surface area contributed by atoms with E-state index in [1.807, 2.05) is 75.4 Å². The van der Waals surface area contributed by atoms with Gasteiger partial charge in [-0.05, 0) is 73.4 Å². The fourth-order valence-corrected chi connectivity index (χ4v) is 6.43. The number of hydrogen-bond acceptors (Lipinski definition) is 5. The Kier molecular flexibility index (Phi) is 11.8. The van der Waals surface area contributed by atoms with Gasteiger partial charge in [0.2, 0.25) is 11.8 Å². The second kappa shape index (κ2) is 15.9. The Balaban J connectivity index is 1.77. The number of ether oxygens (including phenoxy) is 1. The van der Waals surface area contributed by atoms with Crippen LogP contribution in [-0.2, 0) is 32.6 Å². The average Bonchev–Trinajstić information content (AvgIpc) is 3.06. The molecule has 1 atom stereocenters. The van der Waals surface area contributed by atoms with Crippen LogP contribution in [-0.4, -0.2) is 50.9 Å². The predicted molar refractivity (Wildman–Crippen MR) is 178 cm³/mol. The van der Waals surface area contributed by atoms with Crippen LogP contribution < -0.4 is 14.4 Å². The zero-order valence-corrected chi connectivity index (χ0v) is 26.9. The van der Waals surface area contributed by atoms with Gasteiger partial charge >= 0.3 is 0 Å². The fourth-order valence-electron chi connectivity index (χ4n) is 5.02. The van der Waals surface area contributed by atoms with Gasteiger partial charge in [-0.15, -0.1) is 0 Å². The van der Waals surface area contributed by atoms with Crippen LogP contribution in [0.15, 0.2) is 114 Å². The summed E-state index contributed by atoms with van der Waals surface area (Å²) in [6.07, 6.45) is 1.00. The molecular formula is C36H41N3O5S. The number of rotatable bonds is 15. The highest BCUT2D eigenvalue weighted by molar-refractivity contribution is 7.92. The lowest BCUT2D eigenvalue weighted by Crippen LogP contribution is -2.53. The standard InChI is InChI=1S/C36H41N3O5S/c1-4-24-37-36(41)34(25-29-15-8-6-9-16-29)38(26-30-17-13-12-14-28(30)3)35(40)27-39(31-18-10-7-11-19-31)45(42,43)33-22-20-32(21-23-33)44-5-2/h6-23,34H,4-5,24-27H2,1-3H3,(H,37,41)/t34-/m0/s1. The van der Waals surface area contributed by atoms with Gasteiger partial charge in [-0.2, -0.15) is 0 Å². The first-order chi connectivity index (χ1) is 21.7. The molecule has 0 bridgehead atoms. The van der Waals surface area contributed by atoms with Crippen molar-refractivity contribution in [2.75, 3.05) is 24.0 Å². The third-order valence-electron chi connectivity index (χ3n) is 7.47. The van der Waals surface area contributed by atoms with Crippen LogP contribution in [0.3, 0.4) is 0 Å². The summed E-state index contributed by atoms with van der Waals surface area (Å²) < 4.78 is 34.9. The second-order valence-corrected chi connectivity index (χ2v) is 12.6. The maximum atomic E-state index is 14.5. The summed E-state index contributed by atoms with van der Waals surface area (Å²) in [6.45, 7) is 6.30. The van der Waals surface area contributed by atoms with Gasteiger partial charge in [0.15, 0.2) is 0 Å². The highest BCUT2D eigenvalue weighted by atomic mass is 32.2. The number of nitrogens with one attached hydrogen (secondary N) is 1. The van der Waals surface area contributed by atoms with Crippen LogP contribution in [0.2, 0.25) is 0 Å². The number of sulfonamides is 1. The Hall–Kier alpha value is -4.63. The molecule has 0 saturated heterocycles. The molecule has 0 aromatic heterocycles. The van der Waals surface area contributed by atoms with Gasteiger partial charge in [-0.25, -0.2) is 8.42 Å². The molecule has 9 heteroatoms. The third-order valence-corrected chi connectivity index (χ3v) is 9.26. The average molecular weight is 628 g/mol. The second-order valence-electron chi connectivity index (χ2n) is 10.7. The van der Waals surface area contributed by atoms with Crippen LogP contribution in [0.5, 0.6) is 5.75 Å². The fraction of sp³-hybridized carbons (Fsp3) is 0.278. The molecule has 4 rings (SSSR count). The minimum atomic E-state index is -4.18.